The summed E-state index contributed by atoms with van der Waals surface area (Å²) in [5.41, 5.74) is 0. The molecule has 1 fully saturated rings. The van der Waals surface area contributed by atoms with Crippen LogP contribution in [0.5, 0.6) is 0 Å². The minimum Gasteiger partial charge on any atom is -0.306 e. The highest BCUT2D eigenvalue weighted by molar-refractivity contribution is 7.62. The lowest BCUT2D eigenvalue weighted by Crippen LogP contribution is -2.39. The highest BCUT2D eigenvalue weighted by Crippen LogP contribution is 2.07. The third-order valence-electron chi connectivity index (χ3n) is 1.77. The van der Waals surface area contributed by atoms with Crippen molar-refractivity contribution in [2.75, 3.05) is 6.54 Å². The predicted octanol–water partition coefficient (Wildman–Crippen LogP) is -0.282. The second kappa shape index (κ2) is 4.32. The molecule has 0 aliphatic carbocycles. The molecule has 1 aliphatic heterocycles. The van der Waals surface area contributed by atoms with Crippen molar-refractivity contribution in [3.8, 4) is 0 Å². The summed E-state index contributed by atoms with van der Waals surface area (Å²) in [6.45, 7) is 0.761. The van der Waals surface area contributed by atoms with Crippen LogP contribution in [0.25, 0.3) is 0 Å². The average molecular weight is 190 g/mol. The Labute approximate surface area is 71.9 Å². The van der Waals surface area contributed by atoms with E-state index in [1.165, 1.54) is 0 Å². The summed E-state index contributed by atoms with van der Waals surface area (Å²) in [5, 5.41) is 2.91. The van der Waals surface area contributed by atoms with E-state index in [9.17, 15) is 13.2 Å². The van der Waals surface area contributed by atoms with E-state index in [1.807, 2.05) is 0 Å². The second-order valence-electron chi connectivity index (χ2n) is 2.65. The second-order valence-corrected chi connectivity index (χ2v) is 3.27. The van der Waals surface area contributed by atoms with E-state index in [2.05, 4.69) is 9.68 Å². The molecule has 1 atom stereocenters. The summed E-state index contributed by atoms with van der Waals surface area (Å²) in [6.07, 6.45) is 2.66. The fourth-order valence-corrected chi connectivity index (χ4v) is 1.47. The Morgan fingerprint density at radius 3 is 2.67 bits per heavy atom. The van der Waals surface area contributed by atoms with Crippen molar-refractivity contribution in [2.45, 2.75) is 25.3 Å². The lowest BCUT2D eigenvalue weighted by molar-refractivity contribution is -0.120. The number of hydrogen-bond acceptors (Lipinski definition) is 4. The quantitative estimate of drug-likeness (QED) is 0.617. The third-order valence-corrected chi connectivity index (χ3v) is 2.10. The molecular formula is C6H10N2O3S. The summed E-state index contributed by atoms with van der Waals surface area (Å²) in [6, 6.07) is -0.392. The number of carbonyl (C=O) groups is 1. The number of nitrogens with zero attached hydrogens (tertiary/aromatic N) is 1. The van der Waals surface area contributed by atoms with E-state index in [0.717, 1.165) is 19.4 Å². The summed E-state index contributed by atoms with van der Waals surface area (Å²) < 4.78 is 23.0. The third kappa shape index (κ3) is 2.71. The number of nitrogens with one attached hydrogen (secondary N) is 1. The molecule has 1 unspecified atom stereocenters. The van der Waals surface area contributed by atoms with Gasteiger partial charge in [-0.15, -0.1) is 0 Å². The van der Waals surface area contributed by atoms with Gasteiger partial charge < -0.3 is 5.32 Å². The standard InChI is InChI=1S/C6H10N2O3S/c9-6(8-12(10)11)5-3-1-2-4-7-5/h5,7H,1-4H2. The molecule has 68 valence electrons. The van der Waals surface area contributed by atoms with Crippen LogP contribution < -0.4 is 5.32 Å². The van der Waals surface area contributed by atoms with Crippen LogP contribution in [0.2, 0.25) is 0 Å². The Kier molecular flexibility index (Phi) is 3.36. The maximum absolute atomic E-state index is 11.0. The van der Waals surface area contributed by atoms with Crippen molar-refractivity contribution in [3.63, 3.8) is 0 Å². The van der Waals surface area contributed by atoms with E-state index in [1.54, 1.807) is 0 Å². The smallest absolute Gasteiger partial charge is 0.306 e. The number of hydrogen-bond donors (Lipinski definition) is 1. The van der Waals surface area contributed by atoms with Crippen molar-refractivity contribution in [1.82, 2.24) is 5.32 Å². The zero-order valence-electron chi connectivity index (χ0n) is 6.49. The Hall–Kier alpha value is -0.750. The van der Waals surface area contributed by atoms with Crippen LogP contribution >= 0.6 is 0 Å². The van der Waals surface area contributed by atoms with E-state index in [0.29, 0.717) is 6.42 Å². The monoisotopic (exact) mass is 190 g/mol. The van der Waals surface area contributed by atoms with Gasteiger partial charge in [0.05, 0.1) is 6.04 Å². The Balaban J connectivity index is 2.57. The normalized spacial score (nSPS) is 23.2. The van der Waals surface area contributed by atoms with Gasteiger partial charge >= 0.3 is 10.5 Å². The molecule has 0 aromatic carbocycles. The van der Waals surface area contributed by atoms with Gasteiger partial charge in [0, 0.05) is 0 Å². The number of carbonyl (C=O) groups excluding carboxylic acids is 1. The Morgan fingerprint density at radius 2 is 2.17 bits per heavy atom. The van der Waals surface area contributed by atoms with Crippen LogP contribution in [0.15, 0.2) is 4.36 Å². The molecule has 6 heteroatoms. The molecule has 12 heavy (non-hydrogen) atoms. The highest BCUT2D eigenvalue weighted by atomic mass is 32.2. The predicted molar refractivity (Wildman–Crippen MR) is 42.0 cm³/mol. The van der Waals surface area contributed by atoms with Gasteiger partial charge in [-0.1, -0.05) is 10.8 Å². The van der Waals surface area contributed by atoms with Crippen LogP contribution in [-0.4, -0.2) is 26.9 Å². The first kappa shape index (κ1) is 9.34. The van der Waals surface area contributed by atoms with E-state index in [-0.39, 0.29) is 0 Å². The lowest BCUT2D eigenvalue weighted by Gasteiger charge is -2.19. The van der Waals surface area contributed by atoms with E-state index >= 15 is 0 Å². The van der Waals surface area contributed by atoms with Gasteiger partial charge in [0.2, 0.25) is 0 Å². The molecule has 5 nitrogen and oxygen atoms in total. The van der Waals surface area contributed by atoms with Crippen LogP contribution in [0, 0.1) is 0 Å². The number of amides is 1. The van der Waals surface area contributed by atoms with E-state index < -0.39 is 22.4 Å². The highest BCUT2D eigenvalue weighted by Gasteiger charge is 2.19. The molecule has 0 aromatic heterocycles. The lowest BCUT2D eigenvalue weighted by atomic mass is 10.1. The van der Waals surface area contributed by atoms with Crippen molar-refractivity contribution < 1.29 is 13.2 Å². The molecular weight excluding hydrogens is 180 g/mol. The molecule has 0 aromatic rings. The summed E-state index contributed by atoms with van der Waals surface area (Å²) in [7, 11) is -2.61. The number of piperidine rings is 1. The zero-order valence-corrected chi connectivity index (χ0v) is 7.30. The van der Waals surface area contributed by atoms with E-state index in [4.69, 9.17) is 0 Å². The Morgan fingerprint density at radius 1 is 1.42 bits per heavy atom. The molecule has 1 heterocycles. The molecule has 1 amide bonds. The van der Waals surface area contributed by atoms with Crippen LogP contribution in [-0.2, 0) is 15.3 Å². The largest absolute Gasteiger partial charge is 0.319 e. The molecule has 0 spiro atoms. The molecule has 1 aliphatic rings. The van der Waals surface area contributed by atoms with Crippen molar-refractivity contribution in [3.05, 3.63) is 0 Å². The summed E-state index contributed by atoms with van der Waals surface area (Å²) in [4.78, 5) is 11.0. The minimum atomic E-state index is -2.61. The van der Waals surface area contributed by atoms with Gasteiger partial charge in [0.15, 0.2) is 0 Å². The minimum absolute atomic E-state index is 0.392. The van der Waals surface area contributed by atoms with Gasteiger partial charge in [-0.2, -0.15) is 8.42 Å². The first-order chi connectivity index (χ1) is 5.70. The fraction of sp³-hybridized carbons (Fsp3) is 0.833. The zero-order chi connectivity index (χ0) is 8.97. The Bertz CT molecular complexity index is 282. The van der Waals surface area contributed by atoms with Crippen LogP contribution in [0.3, 0.4) is 0 Å². The fourth-order valence-electron chi connectivity index (χ4n) is 1.20. The van der Waals surface area contributed by atoms with Crippen LogP contribution in [0.4, 0.5) is 0 Å². The summed E-state index contributed by atoms with van der Waals surface area (Å²) >= 11 is 0. The topological polar surface area (TPSA) is 75.6 Å². The van der Waals surface area contributed by atoms with Crippen molar-refractivity contribution >= 4 is 16.4 Å². The van der Waals surface area contributed by atoms with Gasteiger partial charge in [-0.05, 0) is 19.4 Å². The summed E-state index contributed by atoms with van der Waals surface area (Å²) in [5.74, 6) is -0.581. The number of rotatable bonds is 1. The van der Waals surface area contributed by atoms with Crippen molar-refractivity contribution in [2.24, 2.45) is 4.36 Å². The van der Waals surface area contributed by atoms with Gasteiger partial charge in [0.1, 0.15) is 0 Å². The van der Waals surface area contributed by atoms with Crippen molar-refractivity contribution in [1.29, 1.82) is 0 Å². The molecule has 0 saturated carbocycles. The van der Waals surface area contributed by atoms with Gasteiger partial charge in [-0.3, -0.25) is 4.79 Å². The molecule has 0 radical (unpaired) electrons. The van der Waals surface area contributed by atoms with Gasteiger partial charge in [0.25, 0.3) is 5.91 Å². The average Bonchev–Trinajstić information content (AvgIpc) is 2.05. The van der Waals surface area contributed by atoms with Crippen LogP contribution in [0.1, 0.15) is 19.3 Å². The SMILES string of the molecule is O=C(N=S(=O)=O)C1CCCCN1. The molecule has 1 rings (SSSR count). The molecule has 0 bridgehead atoms. The maximum Gasteiger partial charge on any atom is 0.319 e. The molecule has 1 saturated heterocycles. The van der Waals surface area contributed by atoms with Gasteiger partial charge in [-0.25, -0.2) is 0 Å². The first-order valence-electron chi connectivity index (χ1n) is 3.78. The first-order valence-corrected chi connectivity index (χ1v) is 4.81. The maximum atomic E-state index is 11.0. The molecule has 1 N–H and O–H groups in total.